The molecule has 0 saturated carbocycles. The monoisotopic (exact) mass is 461 g/mol. The van der Waals surface area contributed by atoms with E-state index in [0.29, 0.717) is 28.0 Å². The number of aromatic amines is 1. The molecular weight excluding hydrogens is 437 g/mol. The lowest BCUT2D eigenvalue weighted by Gasteiger charge is -2.31. The number of hydrogen-bond donors (Lipinski definition) is 3. The highest BCUT2D eigenvalue weighted by atomic mass is 19.1. The third-order valence-electron chi connectivity index (χ3n) is 6.03. The Morgan fingerprint density at radius 3 is 2.76 bits per heavy atom. The fourth-order valence-corrected chi connectivity index (χ4v) is 4.25. The molecule has 0 aliphatic carbocycles. The van der Waals surface area contributed by atoms with E-state index in [9.17, 15) is 14.3 Å². The number of nitrogens with zero attached hydrogens (tertiary/aromatic N) is 3. The molecule has 1 fully saturated rings. The Morgan fingerprint density at radius 2 is 2.03 bits per heavy atom. The van der Waals surface area contributed by atoms with Crippen LogP contribution in [0.4, 0.5) is 21.7 Å². The summed E-state index contributed by atoms with van der Waals surface area (Å²) in [6.45, 7) is 1.54. The fraction of sp³-hybridized carbons (Fsp3) is 0.240. The quantitative estimate of drug-likeness (QED) is 0.415. The molecule has 0 amide bonds. The fourth-order valence-electron chi connectivity index (χ4n) is 4.25. The molecule has 5 rings (SSSR count). The van der Waals surface area contributed by atoms with Crippen molar-refractivity contribution in [2.24, 2.45) is 0 Å². The summed E-state index contributed by atoms with van der Waals surface area (Å²) in [5.41, 5.74) is 1.19. The van der Waals surface area contributed by atoms with Gasteiger partial charge in [-0.1, -0.05) is 6.07 Å². The number of rotatable bonds is 5. The summed E-state index contributed by atoms with van der Waals surface area (Å²) >= 11 is 0. The normalized spacial score (nSPS) is 14.4. The van der Waals surface area contributed by atoms with Crippen LogP contribution < -0.4 is 20.5 Å². The Morgan fingerprint density at radius 1 is 1.21 bits per heavy atom. The predicted molar refractivity (Wildman–Crippen MR) is 129 cm³/mol. The van der Waals surface area contributed by atoms with Gasteiger partial charge in [-0.2, -0.15) is 0 Å². The number of benzene rings is 1. The lowest BCUT2D eigenvalue weighted by Crippen LogP contribution is -2.35. The maximum absolute atomic E-state index is 14.8. The number of anilines is 3. The number of hydrogen-bond acceptors (Lipinski definition) is 7. The Kier molecular flexibility index (Phi) is 5.85. The third kappa shape index (κ3) is 4.17. The van der Waals surface area contributed by atoms with Crippen LogP contribution in [0.3, 0.4) is 0 Å². The summed E-state index contributed by atoms with van der Waals surface area (Å²) < 4.78 is 20.1. The molecule has 4 aromatic rings. The molecule has 4 heterocycles. The summed E-state index contributed by atoms with van der Waals surface area (Å²) in [4.78, 5) is 26.6. The largest absolute Gasteiger partial charge is 0.496 e. The number of aliphatic hydroxyl groups is 1. The van der Waals surface area contributed by atoms with Gasteiger partial charge in [0.25, 0.3) is 5.56 Å². The first-order valence-corrected chi connectivity index (χ1v) is 11.0. The molecule has 1 aliphatic heterocycles. The van der Waals surface area contributed by atoms with Crippen LogP contribution in [0.2, 0.25) is 0 Å². The van der Waals surface area contributed by atoms with Gasteiger partial charge in [0.2, 0.25) is 0 Å². The number of fused-ring (bicyclic) bond motifs is 1. The maximum Gasteiger partial charge on any atom is 0.259 e. The van der Waals surface area contributed by atoms with Crippen LogP contribution in [0.1, 0.15) is 12.8 Å². The molecule has 9 heteroatoms. The number of halogens is 1. The Balaban J connectivity index is 1.54. The summed E-state index contributed by atoms with van der Waals surface area (Å²) in [6, 6.07) is 11.7. The molecule has 1 aromatic carbocycles. The van der Waals surface area contributed by atoms with Crippen molar-refractivity contribution in [2.45, 2.75) is 18.9 Å². The first kappa shape index (κ1) is 21.8. The van der Waals surface area contributed by atoms with Crippen LogP contribution in [0.25, 0.3) is 22.0 Å². The maximum atomic E-state index is 14.8. The molecule has 1 saturated heterocycles. The minimum atomic E-state index is -0.476. The van der Waals surface area contributed by atoms with E-state index in [4.69, 9.17) is 4.74 Å². The van der Waals surface area contributed by atoms with Gasteiger partial charge in [-0.25, -0.2) is 14.4 Å². The smallest absolute Gasteiger partial charge is 0.259 e. The van der Waals surface area contributed by atoms with Gasteiger partial charge in [-0.3, -0.25) is 4.79 Å². The zero-order chi connectivity index (χ0) is 23.7. The molecule has 0 atom stereocenters. The van der Waals surface area contributed by atoms with E-state index in [2.05, 4.69) is 25.2 Å². The average molecular weight is 461 g/mol. The van der Waals surface area contributed by atoms with E-state index in [0.717, 1.165) is 31.6 Å². The number of aromatic nitrogens is 3. The Bertz CT molecular complexity index is 1380. The van der Waals surface area contributed by atoms with Crippen LogP contribution >= 0.6 is 0 Å². The number of methoxy groups -OCH3 is 1. The summed E-state index contributed by atoms with van der Waals surface area (Å²) in [7, 11) is 1.47. The van der Waals surface area contributed by atoms with E-state index in [1.54, 1.807) is 42.7 Å². The molecule has 3 N–H and O–H groups in total. The molecule has 0 bridgehead atoms. The lowest BCUT2D eigenvalue weighted by molar-refractivity contribution is 0.145. The van der Waals surface area contributed by atoms with Gasteiger partial charge >= 0.3 is 0 Å². The Hall–Kier alpha value is -3.98. The molecule has 3 aromatic heterocycles. The van der Waals surface area contributed by atoms with E-state index < -0.39 is 5.82 Å². The molecule has 8 nitrogen and oxygen atoms in total. The first-order valence-electron chi connectivity index (χ1n) is 11.0. The third-order valence-corrected chi connectivity index (χ3v) is 6.03. The lowest BCUT2D eigenvalue weighted by atomic mass is 10.1. The topological polar surface area (TPSA) is 103 Å². The Labute approximate surface area is 195 Å². The van der Waals surface area contributed by atoms with Crippen LogP contribution in [0.5, 0.6) is 5.75 Å². The van der Waals surface area contributed by atoms with Crippen molar-refractivity contribution >= 4 is 28.1 Å². The van der Waals surface area contributed by atoms with Gasteiger partial charge in [0.15, 0.2) is 0 Å². The highest BCUT2D eigenvalue weighted by Crippen LogP contribution is 2.34. The van der Waals surface area contributed by atoms with Gasteiger partial charge in [0.05, 0.1) is 41.7 Å². The van der Waals surface area contributed by atoms with Crippen molar-refractivity contribution in [3.05, 3.63) is 71.0 Å². The van der Waals surface area contributed by atoms with Crippen molar-refractivity contribution in [1.82, 2.24) is 15.0 Å². The number of ether oxygens (including phenoxy) is 1. The SMILES string of the molecule is COc1cccc(F)c1-c1cc2cc[nH]c(=O)c2c(Nc2ccc(N3CCC(O)CC3)cn2)n1. The van der Waals surface area contributed by atoms with Crippen molar-refractivity contribution in [2.75, 3.05) is 30.4 Å². The molecular formula is C25H24FN5O3. The summed E-state index contributed by atoms with van der Waals surface area (Å²) in [5.74, 6) is 0.629. The first-order chi connectivity index (χ1) is 16.5. The predicted octanol–water partition coefficient (Wildman–Crippen LogP) is 3.84. The van der Waals surface area contributed by atoms with Gasteiger partial charge in [-0.05, 0) is 54.6 Å². The second-order valence-electron chi connectivity index (χ2n) is 8.19. The second-order valence-corrected chi connectivity index (χ2v) is 8.19. The van der Waals surface area contributed by atoms with Crippen LogP contribution in [0.15, 0.2) is 59.7 Å². The van der Waals surface area contributed by atoms with Gasteiger partial charge < -0.3 is 25.0 Å². The van der Waals surface area contributed by atoms with Crippen molar-refractivity contribution in [3.63, 3.8) is 0 Å². The van der Waals surface area contributed by atoms with E-state index in [1.807, 2.05) is 6.07 Å². The van der Waals surface area contributed by atoms with Gasteiger partial charge in [0, 0.05) is 19.3 Å². The van der Waals surface area contributed by atoms with Gasteiger partial charge in [-0.15, -0.1) is 0 Å². The van der Waals surface area contributed by atoms with Crippen LogP contribution in [0, 0.1) is 5.82 Å². The molecule has 174 valence electrons. The molecule has 0 unspecified atom stereocenters. The summed E-state index contributed by atoms with van der Waals surface area (Å²) in [5, 5.41) is 13.8. The second kappa shape index (κ2) is 9.11. The number of H-pyrrole nitrogens is 1. The summed E-state index contributed by atoms with van der Waals surface area (Å²) in [6.07, 6.45) is 4.49. The number of nitrogens with one attached hydrogen (secondary N) is 2. The highest BCUT2D eigenvalue weighted by Gasteiger charge is 2.19. The zero-order valence-corrected chi connectivity index (χ0v) is 18.6. The number of piperidine rings is 1. The average Bonchev–Trinajstić information content (AvgIpc) is 2.84. The standard InChI is InChI=1S/C25H24FN5O3/c1-34-20-4-2-3-18(26)23(20)19-13-15-7-10-27-25(33)22(15)24(29-19)30-21-6-5-16(14-28-21)31-11-8-17(32)9-12-31/h2-7,10,13-14,17,32H,8-9,11-12H2,1H3,(H,27,33)(H,28,29,30). The number of aliphatic hydroxyl groups excluding tert-OH is 1. The molecule has 1 aliphatic rings. The minimum absolute atomic E-state index is 0.214. The molecule has 34 heavy (non-hydrogen) atoms. The highest BCUT2D eigenvalue weighted by molar-refractivity contribution is 5.95. The molecule has 0 radical (unpaired) electrons. The van der Waals surface area contributed by atoms with E-state index >= 15 is 0 Å². The van der Waals surface area contributed by atoms with Crippen molar-refractivity contribution < 1.29 is 14.2 Å². The van der Waals surface area contributed by atoms with Crippen LogP contribution in [-0.4, -0.2) is 46.4 Å². The zero-order valence-electron chi connectivity index (χ0n) is 18.6. The van der Waals surface area contributed by atoms with Crippen molar-refractivity contribution in [1.29, 1.82) is 0 Å². The molecule has 0 spiro atoms. The van der Waals surface area contributed by atoms with E-state index in [-0.39, 0.29) is 23.0 Å². The van der Waals surface area contributed by atoms with Crippen molar-refractivity contribution in [3.8, 4) is 17.0 Å². The minimum Gasteiger partial charge on any atom is -0.496 e. The van der Waals surface area contributed by atoms with E-state index in [1.165, 1.54) is 13.2 Å². The van der Waals surface area contributed by atoms with Gasteiger partial charge in [0.1, 0.15) is 23.2 Å². The number of pyridine rings is 3. The van der Waals surface area contributed by atoms with Crippen LogP contribution in [-0.2, 0) is 0 Å².